The Hall–Kier alpha value is -3.80. The molecule has 6 aromatic carbocycles. The molecular formula is C38H24S4. The van der Waals surface area contributed by atoms with E-state index in [1.165, 1.54) is 74.1 Å². The molecule has 8 aromatic rings. The highest BCUT2D eigenvalue weighted by Gasteiger charge is 2.14. The predicted octanol–water partition coefficient (Wildman–Crippen LogP) is 12.5. The van der Waals surface area contributed by atoms with Crippen LogP contribution in [0.3, 0.4) is 0 Å². The van der Waals surface area contributed by atoms with Crippen molar-refractivity contribution in [1.82, 2.24) is 0 Å². The van der Waals surface area contributed by atoms with Gasteiger partial charge in [-0.2, -0.15) is 0 Å². The molecule has 0 bridgehead atoms. The first-order valence-electron chi connectivity index (χ1n) is 13.8. The van der Waals surface area contributed by atoms with Gasteiger partial charge in [0.25, 0.3) is 0 Å². The first-order chi connectivity index (χ1) is 20.6. The molecule has 0 N–H and O–H groups in total. The lowest BCUT2D eigenvalue weighted by atomic mass is 10.00. The van der Waals surface area contributed by atoms with Gasteiger partial charge in [-0.15, -0.1) is 47.9 Å². The van der Waals surface area contributed by atoms with Crippen LogP contribution < -0.4 is 0 Å². The number of benzene rings is 6. The topological polar surface area (TPSA) is 0 Å². The van der Waals surface area contributed by atoms with Crippen molar-refractivity contribution in [2.24, 2.45) is 0 Å². The maximum atomic E-state index is 4.41. The summed E-state index contributed by atoms with van der Waals surface area (Å²) in [6.45, 7) is 0. The third-order valence-corrected chi connectivity index (χ3v) is 11.0. The second kappa shape index (κ2) is 10.5. The van der Waals surface area contributed by atoms with Crippen LogP contribution in [-0.4, -0.2) is 0 Å². The maximum absolute atomic E-state index is 4.41. The van der Waals surface area contributed by atoms with Gasteiger partial charge in [-0.3, -0.25) is 0 Å². The van der Waals surface area contributed by atoms with Crippen LogP contribution in [0.2, 0.25) is 0 Å². The minimum Gasteiger partial charge on any atom is -0.143 e. The standard InChI is InChI=1S/C38H24S4/c39-31-15-9-25(10-16-31)23-1-5-27(6-2-23)29-13-19-33-35(21-29)41-38-34-20-14-30(22-36(34)42-37(33)38)28-7-3-24(4-8-28)26-11-17-32(40)18-12-26/h1-22,39-40H. The summed E-state index contributed by atoms with van der Waals surface area (Å²) in [6.07, 6.45) is 0. The number of rotatable bonds is 4. The van der Waals surface area contributed by atoms with Crippen LogP contribution in [0.25, 0.3) is 74.1 Å². The summed E-state index contributed by atoms with van der Waals surface area (Å²) in [4.78, 5) is 1.96. The van der Waals surface area contributed by atoms with E-state index in [0.717, 1.165) is 9.79 Å². The minimum absolute atomic E-state index is 0.981. The summed E-state index contributed by atoms with van der Waals surface area (Å²) in [5.41, 5.74) is 9.84. The first kappa shape index (κ1) is 25.9. The Morgan fingerprint density at radius 1 is 0.310 bits per heavy atom. The normalized spacial score (nSPS) is 11.6. The number of fused-ring (bicyclic) bond motifs is 5. The van der Waals surface area contributed by atoms with Crippen molar-refractivity contribution in [2.45, 2.75) is 9.79 Å². The SMILES string of the molecule is Sc1ccc(-c2ccc(-c3ccc4c(c3)sc3c5ccc(-c6ccc(-c7ccc(S)cc7)cc6)cc5sc43)cc2)cc1. The second-order valence-electron chi connectivity index (χ2n) is 10.5. The van der Waals surface area contributed by atoms with E-state index in [1.807, 2.05) is 46.9 Å². The first-order valence-corrected chi connectivity index (χ1v) is 16.3. The van der Waals surface area contributed by atoms with Gasteiger partial charge in [-0.1, -0.05) is 97.1 Å². The molecule has 0 radical (unpaired) electrons. The monoisotopic (exact) mass is 608 g/mol. The Kier molecular flexibility index (Phi) is 6.46. The molecule has 0 spiro atoms. The summed E-state index contributed by atoms with van der Waals surface area (Å²) >= 11 is 12.6. The third-order valence-electron chi connectivity index (χ3n) is 7.92. The minimum atomic E-state index is 0.981. The summed E-state index contributed by atoms with van der Waals surface area (Å²) in [5, 5.41) is 2.70. The number of hydrogen-bond donors (Lipinski definition) is 2. The van der Waals surface area contributed by atoms with Gasteiger partial charge in [0.2, 0.25) is 0 Å². The van der Waals surface area contributed by atoms with Crippen molar-refractivity contribution in [2.75, 3.05) is 0 Å². The quantitative estimate of drug-likeness (QED) is 0.182. The van der Waals surface area contributed by atoms with Crippen LogP contribution in [0, 0.1) is 0 Å². The molecule has 2 aromatic heterocycles. The van der Waals surface area contributed by atoms with Crippen molar-refractivity contribution in [1.29, 1.82) is 0 Å². The molecule has 0 fully saturated rings. The highest BCUT2D eigenvalue weighted by atomic mass is 32.1. The van der Waals surface area contributed by atoms with E-state index in [9.17, 15) is 0 Å². The van der Waals surface area contributed by atoms with E-state index in [2.05, 4.69) is 134 Å². The van der Waals surface area contributed by atoms with Gasteiger partial charge in [0.15, 0.2) is 0 Å². The summed E-state index contributed by atoms with van der Waals surface area (Å²) < 4.78 is 5.46. The zero-order chi connectivity index (χ0) is 28.2. The highest BCUT2D eigenvalue weighted by Crippen LogP contribution is 2.46. The molecule has 0 unspecified atom stereocenters. The molecule has 0 saturated carbocycles. The van der Waals surface area contributed by atoms with Crippen LogP contribution >= 0.6 is 47.9 Å². The Balaban J connectivity index is 1.10. The van der Waals surface area contributed by atoms with E-state index < -0.39 is 0 Å². The molecular weight excluding hydrogens is 585 g/mol. The fraction of sp³-hybridized carbons (Fsp3) is 0. The van der Waals surface area contributed by atoms with E-state index in [1.54, 1.807) is 0 Å². The third kappa shape index (κ3) is 4.65. The molecule has 0 amide bonds. The molecule has 0 saturated heterocycles. The van der Waals surface area contributed by atoms with Gasteiger partial charge >= 0.3 is 0 Å². The smallest absolute Gasteiger partial charge is 0.0542 e. The van der Waals surface area contributed by atoms with Crippen LogP contribution in [0.5, 0.6) is 0 Å². The van der Waals surface area contributed by atoms with Gasteiger partial charge in [-0.05, 0) is 80.9 Å². The number of hydrogen-bond acceptors (Lipinski definition) is 4. The van der Waals surface area contributed by atoms with Crippen molar-refractivity contribution in [3.63, 3.8) is 0 Å². The van der Waals surface area contributed by atoms with Gasteiger partial charge in [-0.25, -0.2) is 0 Å². The molecule has 0 atom stereocenters. The fourth-order valence-electron chi connectivity index (χ4n) is 5.63. The van der Waals surface area contributed by atoms with E-state index in [0.29, 0.717) is 0 Å². The predicted molar refractivity (Wildman–Crippen MR) is 191 cm³/mol. The Morgan fingerprint density at radius 2 is 0.571 bits per heavy atom. The Morgan fingerprint density at radius 3 is 0.905 bits per heavy atom. The second-order valence-corrected chi connectivity index (χ2v) is 13.7. The summed E-state index contributed by atoms with van der Waals surface area (Å²) in [6, 6.07) is 48.2. The zero-order valence-corrected chi connectivity index (χ0v) is 25.8. The lowest BCUT2D eigenvalue weighted by Crippen LogP contribution is -1.80. The Bertz CT molecular complexity index is 2050. The van der Waals surface area contributed by atoms with Crippen LogP contribution in [-0.2, 0) is 0 Å². The fourth-order valence-corrected chi connectivity index (χ4v) is 8.66. The summed E-state index contributed by atoms with van der Waals surface area (Å²) in [7, 11) is 0. The zero-order valence-electron chi connectivity index (χ0n) is 22.4. The Labute approximate surface area is 263 Å². The van der Waals surface area contributed by atoms with Crippen molar-refractivity contribution in [3.8, 4) is 44.5 Å². The van der Waals surface area contributed by atoms with E-state index in [4.69, 9.17) is 0 Å². The van der Waals surface area contributed by atoms with E-state index >= 15 is 0 Å². The van der Waals surface area contributed by atoms with Crippen LogP contribution in [0.1, 0.15) is 0 Å². The molecule has 0 aliphatic heterocycles. The van der Waals surface area contributed by atoms with E-state index in [-0.39, 0.29) is 0 Å². The molecule has 2 heterocycles. The molecule has 0 nitrogen and oxygen atoms in total. The van der Waals surface area contributed by atoms with Gasteiger partial charge < -0.3 is 0 Å². The van der Waals surface area contributed by atoms with Crippen molar-refractivity contribution in [3.05, 3.63) is 133 Å². The average molecular weight is 609 g/mol. The van der Waals surface area contributed by atoms with Gasteiger partial charge in [0.05, 0.1) is 9.40 Å². The lowest BCUT2D eigenvalue weighted by molar-refractivity contribution is 1.47. The number of thiol groups is 2. The molecule has 0 aliphatic carbocycles. The molecule has 42 heavy (non-hydrogen) atoms. The molecule has 0 aliphatic rings. The van der Waals surface area contributed by atoms with Crippen molar-refractivity contribution >= 4 is 77.5 Å². The molecule has 200 valence electrons. The molecule has 4 heteroatoms. The summed E-state index contributed by atoms with van der Waals surface area (Å²) in [5.74, 6) is 0. The highest BCUT2D eigenvalue weighted by molar-refractivity contribution is 7.80. The largest absolute Gasteiger partial charge is 0.143 e. The van der Waals surface area contributed by atoms with Gasteiger partial charge in [0, 0.05) is 30.0 Å². The average Bonchev–Trinajstić information content (AvgIpc) is 3.57. The van der Waals surface area contributed by atoms with Crippen LogP contribution in [0.15, 0.2) is 143 Å². The van der Waals surface area contributed by atoms with Gasteiger partial charge in [0.1, 0.15) is 0 Å². The lowest BCUT2D eigenvalue weighted by Gasteiger charge is -2.06. The number of thiophene rings is 2. The molecule has 8 rings (SSSR count). The maximum Gasteiger partial charge on any atom is 0.0542 e. The van der Waals surface area contributed by atoms with Crippen molar-refractivity contribution < 1.29 is 0 Å². The van der Waals surface area contributed by atoms with Crippen LogP contribution in [0.4, 0.5) is 0 Å².